The number of nitrogens with one attached hydrogen (secondary N) is 1. The highest BCUT2D eigenvalue weighted by molar-refractivity contribution is 14.1. The van der Waals surface area contributed by atoms with Gasteiger partial charge >= 0.3 is 10.2 Å². The maximum atomic E-state index is 13.3. The molecule has 1 N–H and O–H groups in total. The van der Waals surface area contributed by atoms with Crippen molar-refractivity contribution in [1.82, 2.24) is 10.2 Å². The molecule has 4 nitrogen and oxygen atoms in total. The molecule has 0 unspecified atom stereocenters. The van der Waals surface area contributed by atoms with Crippen molar-refractivity contribution in [3.63, 3.8) is 0 Å². The van der Waals surface area contributed by atoms with Crippen LogP contribution in [-0.4, -0.2) is 39.5 Å². The Hall–Kier alpha value is -0.250. The van der Waals surface area contributed by atoms with Gasteiger partial charge in [0.15, 0.2) is 0 Å². The highest BCUT2D eigenvalue weighted by Crippen LogP contribution is 2.25. The molecule has 19 heavy (non-hydrogen) atoms. The predicted molar refractivity (Wildman–Crippen MR) is 80.3 cm³/mol. The first-order chi connectivity index (χ1) is 8.88. The zero-order chi connectivity index (χ0) is 14.0. The molecule has 0 bridgehead atoms. The molecule has 1 fully saturated rings. The minimum absolute atomic E-state index is 0.204. The normalized spacial score (nSPS) is 17.6. The molecule has 1 aromatic carbocycles. The van der Waals surface area contributed by atoms with Gasteiger partial charge in [-0.2, -0.15) is 8.42 Å². The van der Waals surface area contributed by atoms with Crippen LogP contribution in [0, 0.1) is 10.5 Å². The number of rotatable bonds is 3. The van der Waals surface area contributed by atoms with Crippen molar-refractivity contribution in [2.24, 2.45) is 0 Å². The van der Waals surface area contributed by atoms with Crippen molar-refractivity contribution >= 4 is 32.8 Å². The SMILES string of the molecule is Cc1c(CN2CCNCC2)cc(I)cc1S(=O)(=O)F. The Kier molecular flexibility index (Phi) is 4.80. The third-order valence-electron chi connectivity index (χ3n) is 3.30. The van der Waals surface area contributed by atoms with Gasteiger partial charge in [-0.3, -0.25) is 4.90 Å². The molecule has 1 saturated heterocycles. The van der Waals surface area contributed by atoms with E-state index in [-0.39, 0.29) is 4.90 Å². The smallest absolute Gasteiger partial charge is 0.314 e. The van der Waals surface area contributed by atoms with Gasteiger partial charge in [0, 0.05) is 36.3 Å². The molecule has 1 aromatic rings. The number of piperazine rings is 1. The third-order valence-corrected chi connectivity index (χ3v) is 4.87. The Balaban J connectivity index is 2.32. The Morgan fingerprint density at radius 3 is 2.58 bits per heavy atom. The van der Waals surface area contributed by atoms with Crippen LogP contribution in [0.15, 0.2) is 17.0 Å². The number of halogens is 2. The minimum atomic E-state index is -4.65. The van der Waals surface area contributed by atoms with Gasteiger partial charge < -0.3 is 5.32 Å². The number of hydrogen-bond donors (Lipinski definition) is 1. The van der Waals surface area contributed by atoms with Crippen molar-refractivity contribution in [2.45, 2.75) is 18.4 Å². The lowest BCUT2D eigenvalue weighted by molar-refractivity contribution is 0.232. The largest absolute Gasteiger partial charge is 0.332 e. The molecule has 0 amide bonds. The van der Waals surface area contributed by atoms with E-state index in [1.807, 2.05) is 28.7 Å². The molecule has 2 rings (SSSR count). The summed E-state index contributed by atoms with van der Waals surface area (Å²) in [5.41, 5.74) is 1.39. The van der Waals surface area contributed by atoms with E-state index in [2.05, 4.69) is 10.2 Å². The monoisotopic (exact) mass is 398 g/mol. The fraction of sp³-hybridized carbons (Fsp3) is 0.500. The summed E-state index contributed by atoms with van der Waals surface area (Å²) in [5.74, 6) is 0. The van der Waals surface area contributed by atoms with Crippen LogP contribution >= 0.6 is 22.6 Å². The summed E-state index contributed by atoms with van der Waals surface area (Å²) in [6, 6.07) is 3.30. The van der Waals surface area contributed by atoms with Gasteiger partial charge in [-0.15, -0.1) is 3.89 Å². The first kappa shape index (κ1) is 15.1. The van der Waals surface area contributed by atoms with Gasteiger partial charge in [-0.05, 0) is 52.8 Å². The van der Waals surface area contributed by atoms with E-state index >= 15 is 0 Å². The molecule has 0 atom stereocenters. The highest BCUT2D eigenvalue weighted by Gasteiger charge is 2.20. The van der Waals surface area contributed by atoms with E-state index in [0.717, 1.165) is 35.3 Å². The first-order valence-corrected chi connectivity index (χ1v) is 8.51. The van der Waals surface area contributed by atoms with E-state index in [1.165, 1.54) is 6.07 Å². The van der Waals surface area contributed by atoms with Crippen LogP contribution < -0.4 is 5.32 Å². The van der Waals surface area contributed by atoms with E-state index in [4.69, 9.17) is 0 Å². The summed E-state index contributed by atoms with van der Waals surface area (Å²) >= 11 is 2.02. The molecular weight excluding hydrogens is 382 g/mol. The van der Waals surface area contributed by atoms with Crippen molar-refractivity contribution in [1.29, 1.82) is 0 Å². The lowest BCUT2D eigenvalue weighted by Crippen LogP contribution is -2.43. The molecule has 0 aromatic heterocycles. The Morgan fingerprint density at radius 1 is 1.37 bits per heavy atom. The molecule has 0 saturated carbocycles. The lowest BCUT2D eigenvalue weighted by Gasteiger charge is -2.28. The maximum absolute atomic E-state index is 13.3. The van der Waals surface area contributed by atoms with Crippen LogP contribution in [0.2, 0.25) is 0 Å². The zero-order valence-electron chi connectivity index (χ0n) is 10.6. The zero-order valence-corrected chi connectivity index (χ0v) is 13.6. The van der Waals surface area contributed by atoms with Crippen molar-refractivity contribution in [2.75, 3.05) is 26.2 Å². The molecule has 1 aliphatic rings. The minimum Gasteiger partial charge on any atom is -0.314 e. The van der Waals surface area contributed by atoms with Gasteiger partial charge in [-0.1, -0.05) is 0 Å². The first-order valence-electron chi connectivity index (χ1n) is 6.04. The summed E-state index contributed by atoms with van der Waals surface area (Å²) in [6.45, 7) is 6.02. The molecule has 0 aliphatic carbocycles. The molecule has 1 heterocycles. The predicted octanol–water partition coefficient (Wildman–Crippen LogP) is 1.66. The van der Waals surface area contributed by atoms with Crippen LogP contribution in [0.1, 0.15) is 11.1 Å². The van der Waals surface area contributed by atoms with Gasteiger partial charge in [-0.25, -0.2) is 0 Å². The Labute approximate surface area is 126 Å². The average Bonchev–Trinajstić information content (AvgIpc) is 2.33. The van der Waals surface area contributed by atoms with Crippen molar-refractivity contribution in [3.8, 4) is 0 Å². The van der Waals surface area contributed by atoms with Crippen LogP contribution in [-0.2, 0) is 16.8 Å². The second-order valence-electron chi connectivity index (χ2n) is 4.65. The third kappa shape index (κ3) is 3.87. The molecule has 0 radical (unpaired) electrons. The topological polar surface area (TPSA) is 49.4 Å². The van der Waals surface area contributed by atoms with Gasteiger partial charge in [0.1, 0.15) is 4.90 Å². The van der Waals surface area contributed by atoms with Gasteiger partial charge in [0.05, 0.1) is 0 Å². The molecule has 7 heteroatoms. The van der Waals surface area contributed by atoms with Crippen molar-refractivity contribution < 1.29 is 12.3 Å². The van der Waals surface area contributed by atoms with Crippen molar-refractivity contribution in [3.05, 3.63) is 26.8 Å². The average molecular weight is 398 g/mol. The highest BCUT2D eigenvalue weighted by atomic mass is 127. The number of nitrogens with zero attached hydrogens (tertiary/aromatic N) is 1. The van der Waals surface area contributed by atoms with E-state index in [1.54, 1.807) is 6.92 Å². The van der Waals surface area contributed by atoms with E-state index in [0.29, 0.717) is 12.1 Å². The number of hydrogen-bond acceptors (Lipinski definition) is 4. The van der Waals surface area contributed by atoms with E-state index in [9.17, 15) is 12.3 Å². The molecule has 106 valence electrons. The molecular formula is C12H16FIN2O2S. The summed E-state index contributed by atoms with van der Waals surface area (Å²) in [4.78, 5) is 2.04. The summed E-state index contributed by atoms with van der Waals surface area (Å²) in [7, 11) is -4.65. The number of benzene rings is 1. The fourth-order valence-corrected chi connectivity index (χ4v) is 3.90. The van der Waals surface area contributed by atoms with E-state index < -0.39 is 10.2 Å². The Bertz CT molecular complexity index is 571. The summed E-state index contributed by atoms with van der Waals surface area (Å²) in [5, 5.41) is 3.26. The quantitative estimate of drug-likeness (QED) is 0.622. The fourth-order valence-electron chi connectivity index (χ4n) is 2.24. The van der Waals surface area contributed by atoms with Crippen LogP contribution in [0.3, 0.4) is 0 Å². The van der Waals surface area contributed by atoms with Gasteiger partial charge in [0.2, 0.25) is 0 Å². The van der Waals surface area contributed by atoms with Crippen LogP contribution in [0.5, 0.6) is 0 Å². The second-order valence-corrected chi connectivity index (χ2v) is 7.21. The Morgan fingerprint density at radius 2 is 2.00 bits per heavy atom. The summed E-state index contributed by atoms with van der Waals surface area (Å²) < 4.78 is 36.3. The van der Waals surface area contributed by atoms with Gasteiger partial charge in [0.25, 0.3) is 0 Å². The van der Waals surface area contributed by atoms with Crippen LogP contribution in [0.25, 0.3) is 0 Å². The van der Waals surface area contributed by atoms with Crippen LogP contribution in [0.4, 0.5) is 3.89 Å². The molecule has 0 spiro atoms. The standard InChI is InChI=1S/C12H16FIN2O2S/c1-9-10(8-16-4-2-15-3-5-16)6-11(14)7-12(9)19(13,17)18/h6-7,15H,2-5,8H2,1H3. The maximum Gasteiger partial charge on any atom is 0.332 e. The lowest BCUT2D eigenvalue weighted by atomic mass is 10.1. The second kappa shape index (κ2) is 6.02. The molecule has 1 aliphatic heterocycles. The summed E-state index contributed by atoms with van der Waals surface area (Å²) in [6.07, 6.45) is 0.